The van der Waals surface area contributed by atoms with Gasteiger partial charge in [0.15, 0.2) is 0 Å². The second-order valence-electron chi connectivity index (χ2n) is 24.0. The molecule has 20 N–H and O–H groups in total. The predicted octanol–water partition coefficient (Wildman–Crippen LogP) is 0.384. The molecule has 0 radical (unpaired) electrons. The molecular formula is C57H110N14O11. The Labute approximate surface area is 488 Å². The average Bonchev–Trinajstić information content (AvgIpc) is 3.38. The lowest BCUT2D eigenvalue weighted by molar-refractivity contribution is -0.142. The molecule has 0 aliphatic heterocycles. The number of aliphatic carboxylic acids is 1. The van der Waals surface area contributed by atoms with E-state index in [0.717, 1.165) is 0 Å². The number of carboxylic acid groups (broad SMARTS) is 1. The Morgan fingerprint density at radius 2 is 0.537 bits per heavy atom. The molecule has 0 unspecified atom stereocenters. The van der Waals surface area contributed by atoms with E-state index in [1.165, 1.54) is 0 Å². The van der Waals surface area contributed by atoms with E-state index < -0.39 is 131 Å². The maximum atomic E-state index is 14.4. The van der Waals surface area contributed by atoms with E-state index >= 15 is 0 Å². The molecule has 0 aromatic heterocycles. The van der Waals surface area contributed by atoms with Crippen molar-refractivity contribution in [3.05, 3.63) is 0 Å². The van der Waals surface area contributed by atoms with Gasteiger partial charge in [-0.2, -0.15) is 0 Å². The first-order valence-electron chi connectivity index (χ1n) is 30.0. The van der Waals surface area contributed by atoms with Crippen molar-refractivity contribution in [2.45, 2.75) is 240 Å². The summed E-state index contributed by atoms with van der Waals surface area (Å²) < 4.78 is 0. The van der Waals surface area contributed by atoms with Gasteiger partial charge in [-0.05, 0) is 152 Å². The Hall–Kier alpha value is -5.50. The van der Waals surface area contributed by atoms with Crippen LogP contribution in [0.3, 0.4) is 0 Å². The van der Waals surface area contributed by atoms with E-state index in [4.69, 9.17) is 28.7 Å². The summed E-state index contributed by atoms with van der Waals surface area (Å²) in [7, 11) is 0. The molecule has 0 spiro atoms. The molecule has 0 heterocycles. The molecule has 9 amide bonds. The number of rotatable bonds is 44. The molecule has 25 nitrogen and oxygen atoms in total. The molecule has 474 valence electrons. The predicted molar refractivity (Wildman–Crippen MR) is 317 cm³/mol. The number of hydrogen-bond acceptors (Lipinski definition) is 15. The number of hydrogen-bond donors (Lipinski definition) is 15. The minimum Gasteiger partial charge on any atom is -0.480 e. The highest BCUT2D eigenvalue weighted by atomic mass is 16.4. The summed E-state index contributed by atoms with van der Waals surface area (Å²) >= 11 is 0. The van der Waals surface area contributed by atoms with Gasteiger partial charge in [-0.3, -0.25) is 43.2 Å². The molecular weight excluding hydrogens is 1060 g/mol. The van der Waals surface area contributed by atoms with Crippen molar-refractivity contribution in [1.29, 1.82) is 0 Å². The SMILES string of the molecule is CC(C)C[C@H](NC(=O)[C@H](CCCCN)NC(=O)[C@@H](NC(=O)[C@@H](N)CCCCN)C(C)C)C(=O)N[C@H](C(=O)N[C@@H](CC(C)C)C(=O)N[C@@H](CCCCN)C(=O)N[C@H](C(=O)N[C@@H](CC(C)C)C(=O)N[C@@H](CCCCN)C(=O)O)C(C)C)C(C)C. The van der Waals surface area contributed by atoms with Crippen molar-refractivity contribution < 1.29 is 53.1 Å². The van der Waals surface area contributed by atoms with Gasteiger partial charge >= 0.3 is 5.97 Å². The Bertz CT molecular complexity index is 1970. The second-order valence-corrected chi connectivity index (χ2v) is 24.0. The molecule has 82 heavy (non-hydrogen) atoms. The summed E-state index contributed by atoms with van der Waals surface area (Å²) in [6, 6.07) is -11.4. The number of amides is 9. The number of nitrogens with two attached hydrogens (primary N) is 5. The molecule has 0 aliphatic rings. The first-order valence-corrected chi connectivity index (χ1v) is 30.0. The average molecular weight is 1170 g/mol. The first kappa shape index (κ1) is 76.5. The summed E-state index contributed by atoms with van der Waals surface area (Å²) in [4.78, 5) is 138. The van der Waals surface area contributed by atoms with Crippen LogP contribution in [0.25, 0.3) is 0 Å². The lowest BCUT2D eigenvalue weighted by Crippen LogP contribution is -2.62. The number of carbonyl (C=O) groups is 10. The largest absolute Gasteiger partial charge is 0.480 e. The van der Waals surface area contributed by atoms with Crippen LogP contribution in [-0.4, -0.2) is 151 Å². The zero-order valence-corrected chi connectivity index (χ0v) is 51.6. The summed E-state index contributed by atoms with van der Waals surface area (Å²) in [5.41, 5.74) is 28.9. The van der Waals surface area contributed by atoms with Gasteiger partial charge in [0.2, 0.25) is 53.2 Å². The normalized spacial score (nSPS) is 15.3. The van der Waals surface area contributed by atoms with Gasteiger partial charge in [0.1, 0.15) is 54.4 Å². The fourth-order valence-corrected chi connectivity index (χ4v) is 9.00. The van der Waals surface area contributed by atoms with Crippen LogP contribution >= 0.6 is 0 Å². The third-order valence-corrected chi connectivity index (χ3v) is 13.8. The molecule has 0 aliphatic carbocycles. The van der Waals surface area contributed by atoms with Gasteiger partial charge in [0.05, 0.1) is 6.04 Å². The van der Waals surface area contributed by atoms with E-state index in [1.807, 2.05) is 41.5 Å². The van der Waals surface area contributed by atoms with E-state index in [1.54, 1.807) is 41.5 Å². The van der Waals surface area contributed by atoms with Crippen LogP contribution in [0.15, 0.2) is 0 Å². The third-order valence-electron chi connectivity index (χ3n) is 13.8. The Morgan fingerprint density at radius 1 is 0.305 bits per heavy atom. The maximum Gasteiger partial charge on any atom is 0.326 e. The standard InChI is InChI=1S/C57H110N14O11/c1-32(2)29-42(51(75)63-40(23-15-19-27-60)50(74)70-46(36(9)10)55(79)68-43(30-33(3)4)52(76)65-41(57(81)82)24-16-20-28-61)67-56(80)47(37(11)12)71-53(77)44(31-34(5)6)66-49(73)39(22-14-18-26-59)64-54(78)45(35(7)8)69-48(72)38(62)21-13-17-25-58/h32-47H,13-31,58-62H2,1-12H3,(H,63,75)(H,64,78)(H,65,76)(H,66,73)(H,67,80)(H,68,79)(H,69,72)(H,70,74)(H,71,77)(H,81,82)/t38-,39-,40-,41-,42-,43-,44-,45-,46-,47-/m0/s1. The maximum absolute atomic E-state index is 14.4. The van der Waals surface area contributed by atoms with Crippen LogP contribution in [0, 0.1) is 35.5 Å². The van der Waals surface area contributed by atoms with Crippen LogP contribution in [0.1, 0.15) is 179 Å². The molecule has 0 aromatic rings. The second kappa shape index (κ2) is 41.5. The minimum absolute atomic E-state index is 0.0977. The zero-order valence-electron chi connectivity index (χ0n) is 51.6. The smallest absolute Gasteiger partial charge is 0.326 e. The molecule has 0 fully saturated rings. The van der Waals surface area contributed by atoms with Crippen molar-refractivity contribution >= 4 is 59.1 Å². The lowest BCUT2D eigenvalue weighted by atomic mass is 9.97. The van der Waals surface area contributed by atoms with Crippen LogP contribution in [0.5, 0.6) is 0 Å². The van der Waals surface area contributed by atoms with Gasteiger partial charge in [0.25, 0.3) is 0 Å². The highest BCUT2D eigenvalue weighted by molar-refractivity contribution is 5.98. The van der Waals surface area contributed by atoms with Crippen LogP contribution in [0.4, 0.5) is 0 Å². The summed E-state index contributed by atoms with van der Waals surface area (Å²) in [6.07, 6.45) is 5.43. The number of unbranched alkanes of at least 4 members (excludes halogenated alkanes) is 4. The fraction of sp³-hybridized carbons (Fsp3) is 0.825. The molecule has 0 saturated heterocycles. The lowest BCUT2D eigenvalue weighted by Gasteiger charge is -2.30. The molecule has 0 bridgehead atoms. The van der Waals surface area contributed by atoms with Crippen LogP contribution < -0.4 is 76.5 Å². The molecule has 0 aromatic carbocycles. The highest BCUT2D eigenvalue weighted by Crippen LogP contribution is 2.15. The van der Waals surface area contributed by atoms with E-state index in [9.17, 15) is 53.1 Å². The quantitative estimate of drug-likeness (QED) is 0.0367. The molecule has 25 heteroatoms. The number of carboxylic acids is 1. The first-order chi connectivity index (χ1) is 38.4. The van der Waals surface area contributed by atoms with Crippen LogP contribution in [-0.2, 0) is 47.9 Å². The molecule has 0 rings (SSSR count). The summed E-state index contributed by atoms with van der Waals surface area (Å²) in [6.45, 7) is 22.8. The van der Waals surface area contributed by atoms with Crippen molar-refractivity contribution in [2.24, 2.45) is 64.2 Å². The third kappa shape index (κ3) is 30.7. The van der Waals surface area contributed by atoms with Gasteiger partial charge in [0, 0.05) is 0 Å². The van der Waals surface area contributed by atoms with Gasteiger partial charge in [-0.15, -0.1) is 0 Å². The van der Waals surface area contributed by atoms with E-state index in [-0.39, 0.29) is 62.2 Å². The van der Waals surface area contributed by atoms with Crippen molar-refractivity contribution in [3.63, 3.8) is 0 Å². The summed E-state index contributed by atoms with van der Waals surface area (Å²) in [5.74, 6) is -9.08. The highest BCUT2D eigenvalue weighted by Gasteiger charge is 2.37. The molecule has 10 atom stereocenters. The van der Waals surface area contributed by atoms with Crippen molar-refractivity contribution in [2.75, 3.05) is 26.2 Å². The van der Waals surface area contributed by atoms with Gasteiger partial charge in [-0.25, -0.2) is 4.79 Å². The van der Waals surface area contributed by atoms with E-state index in [0.29, 0.717) is 84.0 Å². The summed E-state index contributed by atoms with van der Waals surface area (Å²) in [5, 5.41) is 34.5. The van der Waals surface area contributed by atoms with Gasteiger partial charge < -0.3 is 81.6 Å². The monoisotopic (exact) mass is 1170 g/mol. The van der Waals surface area contributed by atoms with Gasteiger partial charge in [-0.1, -0.05) is 89.5 Å². The van der Waals surface area contributed by atoms with E-state index in [2.05, 4.69) is 47.9 Å². The number of nitrogens with one attached hydrogen (secondary N) is 9. The van der Waals surface area contributed by atoms with Crippen molar-refractivity contribution in [1.82, 2.24) is 47.9 Å². The molecule has 0 saturated carbocycles. The minimum atomic E-state index is -1.23. The Morgan fingerprint density at radius 3 is 0.841 bits per heavy atom. The number of carbonyl (C=O) groups excluding carboxylic acids is 9. The fourth-order valence-electron chi connectivity index (χ4n) is 9.00. The Kier molecular flexibility index (Phi) is 38.7. The van der Waals surface area contributed by atoms with Crippen molar-refractivity contribution in [3.8, 4) is 0 Å². The van der Waals surface area contributed by atoms with Crippen LogP contribution in [0.2, 0.25) is 0 Å². The Balaban J connectivity index is 6.70. The zero-order chi connectivity index (χ0) is 62.8. The topological polar surface area (TPSA) is 429 Å².